The second-order valence-electron chi connectivity index (χ2n) is 6.23. The van der Waals surface area contributed by atoms with Gasteiger partial charge < -0.3 is 19.9 Å². The summed E-state index contributed by atoms with van der Waals surface area (Å²) in [5.41, 5.74) is 5.83. The second kappa shape index (κ2) is 9.28. The molecule has 0 spiro atoms. The molecule has 25 heavy (non-hydrogen) atoms. The largest absolute Gasteiger partial charge is 0.382 e. The fraction of sp³-hybridized carbons (Fsp3) is 0.450. The number of nitrogens with zero attached hydrogens (tertiary/aromatic N) is 1. The first-order valence-electron chi connectivity index (χ1n) is 8.87. The predicted molar refractivity (Wildman–Crippen MR) is 101 cm³/mol. The third-order valence-electron chi connectivity index (χ3n) is 4.22. The number of hydrogen-bond donors (Lipinski definition) is 2. The molecule has 2 amide bonds. The first-order chi connectivity index (χ1) is 12.0. The Bertz CT molecular complexity index is 690. The van der Waals surface area contributed by atoms with Crippen LogP contribution in [0.15, 0.2) is 30.3 Å². The number of benzene rings is 1. The molecule has 2 rings (SSSR count). The van der Waals surface area contributed by atoms with E-state index in [-0.39, 0.29) is 6.03 Å². The van der Waals surface area contributed by atoms with Gasteiger partial charge in [-0.25, -0.2) is 4.79 Å². The highest BCUT2D eigenvalue weighted by molar-refractivity contribution is 5.73. The van der Waals surface area contributed by atoms with Gasteiger partial charge in [0.2, 0.25) is 0 Å². The van der Waals surface area contributed by atoms with Gasteiger partial charge in [-0.05, 0) is 57.9 Å². The minimum absolute atomic E-state index is 0.142. The molecule has 0 aliphatic carbocycles. The van der Waals surface area contributed by atoms with Crippen molar-refractivity contribution in [2.24, 2.45) is 0 Å². The normalized spacial score (nSPS) is 10.7. The molecule has 0 saturated heterocycles. The number of urea groups is 1. The maximum absolute atomic E-state index is 11.9. The highest BCUT2D eigenvalue weighted by Crippen LogP contribution is 2.21. The lowest BCUT2D eigenvalue weighted by Gasteiger charge is -2.11. The van der Waals surface area contributed by atoms with Gasteiger partial charge in [0.1, 0.15) is 0 Å². The first kappa shape index (κ1) is 19.1. The number of carbonyl (C=O) groups is 1. The van der Waals surface area contributed by atoms with E-state index in [4.69, 9.17) is 4.74 Å². The van der Waals surface area contributed by atoms with Gasteiger partial charge in [0.25, 0.3) is 0 Å². The maximum atomic E-state index is 11.9. The number of amides is 2. The van der Waals surface area contributed by atoms with Crippen LogP contribution in [-0.4, -0.2) is 30.4 Å². The molecular formula is C20H29N3O2. The molecule has 0 unspecified atom stereocenters. The number of aromatic nitrogens is 1. The van der Waals surface area contributed by atoms with Crippen LogP contribution in [0.1, 0.15) is 35.9 Å². The van der Waals surface area contributed by atoms with Crippen molar-refractivity contribution in [3.05, 3.63) is 52.8 Å². The Morgan fingerprint density at radius 2 is 1.84 bits per heavy atom. The lowest BCUT2D eigenvalue weighted by atomic mass is 10.2. The van der Waals surface area contributed by atoms with Crippen molar-refractivity contribution in [1.82, 2.24) is 15.2 Å². The molecule has 5 nitrogen and oxygen atoms in total. The first-order valence-corrected chi connectivity index (χ1v) is 8.87. The number of carbonyl (C=O) groups excluding carboxylic acids is 1. The van der Waals surface area contributed by atoms with Crippen molar-refractivity contribution in [3.63, 3.8) is 0 Å². The highest BCUT2D eigenvalue weighted by atomic mass is 16.5. The maximum Gasteiger partial charge on any atom is 0.315 e. The summed E-state index contributed by atoms with van der Waals surface area (Å²) in [6, 6.07) is 10.5. The number of hydrogen-bond acceptors (Lipinski definition) is 2. The topological polar surface area (TPSA) is 55.3 Å². The van der Waals surface area contributed by atoms with E-state index in [2.05, 4.69) is 66.3 Å². The van der Waals surface area contributed by atoms with Crippen LogP contribution < -0.4 is 10.6 Å². The molecule has 0 bridgehead atoms. The molecule has 5 heteroatoms. The Morgan fingerprint density at radius 3 is 2.52 bits per heavy atom. The van der Waals surface area contributed by atoms with Gasteiger partial charge in [0.15, 0.2) is 0 Å². The fourth-order valence-electron chi connectivity index (χ4n) is 2.86. The van der Waals surface area contributed by atoms with Gasteiger partial charge in [0, 0.05) is 43.4 Å². The fourth-order valence-corrected chi connectivity index (χ4v) is 2.86. The van der Waals surface area contributed by atoms with Crippen molar-refractivity contribution in [1.29, 1.82) is 0 Å². The van der Waals surface area contributed by atoms with E-state index in [1.54, 1.807) is 0 Å². The van der Waals surface area contributed by atoms with E-state index in [1.807, 2.05) is 6.92 Å². The lowest BCUT2D eigenvalue weighted by Crippen LogP contribution is -2.36. The molecule has 0 aliphatic rings. The minimum atomic E-state index is -0.142. The van der Waals surface area contributed by atoms with Gasteiger partial charge in [-0.2, -0.15) is 0 Å². The molecule has 1 heterocycles. The van der Waals surface area contributed by atoms with Crippen molar-refractivity contribution in [3.8, 4) is 5.69 Å². The van der Waals surface area contributed by atoms with Crippen molar-refractivity contribution >= 4 is 6.03 Å². The molecule has 0 aliphatic heterocycles. The SMILES string of the molecule is CCOCCCNC(=O)NCc1cc(C)n(-c2ccc(C)cc2)c1C. The van der Waals surface area contributed by atoms with Crippen LogP contribution in [0, 0.1) is 20.8 Å². The summed E-state index contributed by atoms with van der Waals surface area (Å²) >= 11 is 0. The zero-order valence-corrected chi connectivity index (χ0v) is 15.7. The smallest absolute Gasteiger partial charge is 0.315 e. The number of ether oxygens (including phenoxy) is 1. The van der Waals surface area contributed by atoms with Gasteiger partial charge in [-0.1, -0.05) is 17.7 Å². The lowest BCUT2D eigenvalue weighted by molar-refractivity contribution is 0.145. The van der Waals surface area contributed by atoms with Crippen LogP contribution >= 0.6 is 0 Å². The van der Waals surface area contributed by atoms with Gasteiger partial charge in [0.05, 0.1) is 0 Å². The number of nitrogens with one attached hydrogen (secondary N) is 2. The zero-order valence-electron chi connectivity index (χ0n) is 15.7. The van der Waals surface area contributed by atoms with Crippen LogP contribution in [-0.2, 0) is 11.3 Å². The zero-order chi connectivity index (χ0) is 18.2. The molecule has 2 aromatic rings. The van der Waals surface area contributed by atoms with Crippen molar-refractivity contribution in [2.45, 2.75) is 40.7 Å². The standard InChI is InChI=1S/C20H29N3O2/c1-5-25-12-6-11-21-20(24)22-14-18-13-16(3)23(17(18)4)19-9-7-15(2)8-10-19/h7-10,13H,5-6,11-12,14H2,1-4H3,(H2,21,22,24). The van der Waals surface area contributed by atoms with E-state index in [0.29, 0.717) is 26.3 Å². The van der Waals surface area contributed by atoms with Crippen molar-refractivity contribution in [2.75, 3.05) is 19.8 Å². The summed E-state index contributed by atoms with van der Waals surface area (Å²) in [4.78, 5) is 11.9. The van der Waals surface area contributed by atoms with Gasteiger partial charge in [-0.15, -0.1) is 0 Å². The average molecular weight is 343 g/mol. The van der Waals surface area contributed by atoms with Crippen LogP contribution in [0.25, 0.3) is 5.69 Å². The molecule has 2 N–H and O–H groups in total. The van der Waals surface area contributed by atoms with Gasteiger partial charge >= 0.3 is 6.03 Å². The van der Waals surface area contributed by atoms with Crippen LogP contribution in [0.2, 0.25) is 0 Å². The van der Waals surface area contributed by atoms with Crippen LogP contribution in [0.3, 0.4) is 0 Å². The third-order valence-corrected chi connectivity index (χ3v) is 4.22. The molecule has 136 valence electrons. The number of rotatable bonds is 8. The Labute approximate surface area is 150 Å². The van der Waals surface area contributed by atoms with Crippen LogP contribution in [0.5, 0.6) is 0 Å². The van der Waals surface area contributed by atoms with E-state index >= 15 is 0 Å². The summed E-state index contributed by atoms with van der Waals surface area (Å²) in [7, 11) is 0. The highest BCUT2D eigenvalue weighted by Gasteiger charge is 2.11. The Balaban J connectivity index is 1.92. The van der Waals surface area contributed by atoms with E-state index in [0.717, 1.165) is 29.1 Å². The molecule has 0 atom stereocenters. The second-order valence-corrected chi connectivity index (χ2v) is 6.23. The van der Waals surface area contributed by atoms with Crippen LogP contribution in [0.4, 0.5) is 4.79 Å². The monoisotopic (exact) mass is 343 g/mol. The Morgan fingerprint density at radius 1 is 1.12 bits per heavy atom. The van der Waals surface area contributed by atoms with Crippen molar-refractivity contribution < 1.29 is 9.53 Å². The molecule has 0 fully saturated rings. The summed E-state index contributed by atoms with van der Waals surface area (Å²) < 4.78 is 7.47. The third kappa shape index (κ3) is 5.36. The quantitative estimate of drug-likeness (QED) is 0.719. The molecule has 1 aromatic carbocycles. The van der Waals surface area contributed by atoms with E-state index < -0.39 is 0 Å². The molecular weight excluding hydrogens is 314 g/mol. The Hall–Kier alpha value is -2.27. The molecule has 0 saturated carbocycles. The molecule has 0 radical (unpaired) electrons. The summed E-state index contributed by atoms with van der Waals surface area (Å²) in [6.45, 7) is 10.7. The predicted octanol–water partition coefficient (Wildman–Crippen LogP) is 3.63. The van der Waals surface area contributed by atoms with E-state index in [9.17, 15) is 4.79 Å². The summed E-state index contributed by atoms with van der Waals surface area (Å²) in [5, 5.41) is 5.78. The average Bonchev–Trinajstić information content (AvgIpc) is 2.88. The summed E-state index contributed by atoms with van der Waals surface area (Å²) in [6.07, 6.45) is 0.823. The van der Waals surface area contributed by atoms with Gasteiger partial charge in [-0.3, -0.25) is 0 Å². The minimum Gasteiger partial charge on any atom is -0.382 e. The van der Waals surface area contributed by atoms with E-state index in [1.165, 1.54) is 5.56 Å². The number of aryl methyl sites for hydroxylation is 2. The Kier molecular flexibility index (Phi) is 7.07. The summed E-state index contributed by atoms with van der Waals surface area (Å²) in [5.74, 6) is 0. The molecule has 1 aromatic heterocycles.